The smallest absolute Gasteiger partial charge is 0.163 e. The van der Waals surface area contributed by atoms with Gasteiger partial charge in [0.15, 0.2) is 11.5 Å². The molecule has 0 saturated carbocycles. The second-order valence-corrected chi connectivity index (χ2v) is 9.31. The second-order valence-electron chi connectivity index (χ2n) is 8.91. The van der Waals surface area contributed by atoms with Crippen LogP contribution in [-0.4, -0.2) is 73.6 Å². The Morgan fingerprint density at radius 2 is 1.94 bits per heavy atom. The lowest BCUT2D eigenvalue weighted by molar-refractivity contribution is 0.0367. The molecule has 0 unspecified atom stereocenters. The van der Waals surface area contributed by atoms with Gasteiger partial charge in [0.05, 0.1) is 43.6 Å². The Hall–Kier alpha value is -2.72. The molecule has 2 aliphatic heterocycles. The van der Waals surface area contributed by atoms with Gasteiger partial charge in [-0.15, -0.1) is 0 Å². The SMILES string of the molecule is Fc1ccc(Nc2ncnc3cc(OCCCCN4CCOCC4)c(O[C@H]4CCOC4)cc23)cc1Cl. The maximum atomic E-state index is 13.6. The summed E-state index contributed by atoms with van der Waals surface area (Å²) in [5.41, 5.74) is 1.33. The van der Waals surface area contributed by atoms with Crippen molar-refractivity contribution < 1.29 is 23.3 Å². The molecule has 1 atom stereocenters. The molecule has 0 bridgehead atoms. The number of nitrogens with one attached hydrogen (secondary N) is 1. The number of hydrogen-bond acceptors (Lipinski definition) is 8. The van der Waals surface area contributed by atoms with Gasteiger partial charge in [-0.1, -0.05) is 11.6 Å². The molecule has 36 heavy (non-hydrogen) atoms. The largest absolute Gasteiger partial charge is 0.490 e. The van der Waals surface area contributed by atoms with Crippen molar-refractivity contribution in [2.75, 3.05) is 58.0 Å². The third kappa shape index (κ3) is 6.34. The van der Waals surface area contributed by atoms with Crippen LogP contribution in [0.2, 0.25) is 5.02 Å². The topological polar surface area (TPSA) is 78.0 Å². The molecule has 0 aliphatic carbocycles. The fraction of sp³-hybridized carbons (Fsp3) is 0.462. The van der Waals surface area contributed by atoms with Crippen LogP contribution in [0.1, 0.15) is 19.3 Å². The lowest BCUT2D eigenvalue weighted by Crippen LogP contribution is -2.36. The summed E-state index contributed by atoms with van der Waals surface area (Å²) in [4.78, 5) is 11.3. The molecular weight excluding hydrogens is 487 g/mol. The normalized spacial score (nSPS) is 18.4. The molecule has 8 nitrogen and oxygen atoms in total. The Kier molecular flexibility index (Phi) is 8.32. The van der Waals surface area contributed by atoms with E-state index in [0.29, 0.717) is 48.3 Å². The van der Waals surface area contributed by atoms with Gasteiger partial charge < -0.3 is 24.3 Å². The molecule has 3 heterocycles. The molecule has 1 aromatic heterocycles. The number of anilines is 2. The minimum Gasteiger partial charge on any atom is -0.490 e. The number of benzene rings is 2. The van der Waals surface area contributed by atoms with Crippen molar-refractivity contribution in [2.45, 2.75) is 25.4 Å². The molecule has 2 saturated heterocycles. The number of fused-ring (bicyclic) bond motifs is 1. The van der Waals surface area contributed by atoms with E-state index in [4.69, 9.17) is 30.5 Å². The van der Waals surface area contributed by atoms with Crippen molar-refractivity contribution in [1.29, 1.82) is 0 Å². The Labute approximate surface area is 214 Å². The van der Waals surface area contributed by atoms with Gasteiger partial charge in [-0.3, -0.25) is 4.90 Å². The van der Waals surface area contributed by atoms with E-state index in [9.17, 15) is 4.39 Å². The summed E-state index contributed by atoms with van der Waals surface area (Å²) in [7, 11) is 0. The summed E-state index contributed by atoms with van der Waals surface area (Å²) in [6, 6.07) is 8.22. The molecule has 2 aliphatic rings. The minimum atomic E-state index is -0.476. The van der Waals surface area contributed by atoms with E-state index in [-0.39, 0.29) is 11.1 Å². The maximum Gasteiger partial charge on any atom is 0.163 e. The fourth-order valence-electron chi connectivity index (χ4n) is 4.31. The van der Waals surface area contributed by atoms with Gasteiger partial charge in [0.1, 0.15) is 24.1 Å². The molecule has 0 spiro atoms. The van der Waals surface area contributed by atoms with Crippen molar-refractivity contribution in [3.05, 3.63) is 47.5 Å². The van der Waals surface area contributed by atoms with E-state index in [1.807, 2.05) is 12.1 Å². The summed E-state index contributed by atoms with van der Waals surface area (Å²) in [6.07, 6.45) is 4.25. The zero-order valence-electron chi connectivity index (χ0n) is 20.1. The molecule has 10 heteroatoms. The van der Waals surface area contributed by atoms with E-state index < -0.39 is 5.82 Å². The lowest BCUT2D eigenvalue weighted by Gasteiger charge is -2.26. The Morgan fingerprint density at radius 3 is 2.75 bits per heavy atom. The monoisotopic (exact) mass is 516 g/mol. The summed E-state index contributed by atoms with van der Waals surface area (Å²) < 4.78 is 37.0. The van der Waals surface area contributed by atoms with Crippen LogP contribution in [0.3, 0.4) is 0 Å². The first-order valence-corrected chi connectivity index (χ1v) is 12.7. The number of aromatic nitrogens is 2. The number of morpholine rings is 1. The van der Waals surface area contributed by atoms with Gasteiger partial charge in [-0.25, -0.2) is 14.4 Å². The first-order valence-electron chi connectivity index (χ1n) is 12.3. The predicted molar refractivity (Wildman–Crippen MR) is 136 cm³/mol. The van der Waals surface area contributed by atoms with Gasteiger partial charge >= 0.3 is 0 Å². The molecule has 2 aromatic carbocycles. The molecule has 0 amide bonds. The van der Waals surface area contributed by atoms with Gasteiger partial charge in [-0.2, -0.15) is 0 Å². The minimum absolute atomic E-state index is 0.0351. The highest BCUT2D eigenvalue weighted by Crippen LogP contribution is 2.36. The lowest BCUT2D eigenvalue weighted by atomic mass is 10.2. The molecule has 2 fully saturated rings. The van der Waals surface area contributed by atoms with Gasteiger partial charge in [0, 0.05) is 36.7 Å². The van der Waals surface area contributed by atoms with Crippen LogP contribution in [0.15, 0.2) is 36.7 Å². The van der Waals surface area contributed by atoms with Gasteiger partial charge in [0.2, 0.25) is 0 Å². The quantitative estimate of drug-likeness (QED) is 0.384. The number of nitrogens with zero attached hydrogens (tertiary/aromatic N) is 3. The maximum absolute atomic E-state index is 13.6. The number of halogens is 2. The van der Waals surface area contributed by atoms with Crippen LogP contribution < -0.4 is 14.8 Å². The number of hydrogen-bond donors (Lipinski definition) is 1. The summed E-state index contributed by atoms with van der Waals surface area (Å²) >= 11 is 5.95. The van der Waals surface area contributed by atoms with Crippen molar-refractivity contribution in [2.24, 2.45) is 0 Å². The van der Waals surface area contributed by atoms with Crippen molar-refractivity contribution in [3.8, 4) is 11.5 Å². The summed E-state index contributed by atoms with van der Waals surface area (Å²) in [5, 5.41) is 4.00. The molecule has 192 valence electrons. The van der Waals surface area contributed by atoms with Crippen LogP contribution in [0.4, 0.5) is 15.9 Å². The third-order valence-electron chi connectivity index (χ3n) is 6.29. The van der Waals surface area contributed by atoms with Gasteiger partial charge in [-0.05, 0) is 43.7 Å². The Balaban J connectivity index is 1.32. The molecule has 5 rings (SSSR count). The predicted octanol–water partition coefficient (Wildman–Crippen LogP) is 4.82. The van der Waals surface area contributed by atoms with E-state index in [0.717, 1.165) is 57.5 Å². The van der Waals surface area contributed by atoms with Crippen molar-refractivity contribution in [1.82, 2.24) is 14.9 Å². The zero-order valence-corrected chi connectivity index (χ0v) is 20.8. The number of ether oxygens (including phenoxy) is 4. The van der Waals surface area contributed by atoms with Crippen molar-refractivity contribution in [3.63, 3.8) is 0 Å². The Morgan fingerprint density at radius 1 is 1.06 bits per heavy atom. The summed E-state index contributed by atoms with van der Waals surface area (Å²) in [5.74, 6) is 1.36. The second kappa shape index (κ2) is 12.0. The first kappa shape index (κ1) is 25.0. The van der Waals surface area contributed by atoms with Crippen LogP contribution in [0.5, 0.6) is 11.5 Å². The van der Waals surface area contributed by atoms with E-state index >= 15 is 0 Å². The van der Waals surface area contributed by atoms with Crippen LogP contribution in [0, 0.1) is 5.82 Å². The zero-order chi connectivity index (χ0) is 24.7. The molecule has 0 radical (unpaired) electrons. The highest BCUT2D eigenvalue weighted by Gasteiger charge is 2.21. The molecular formula is C26H30ClFN4O4. The number of rotatable bonds is 10. The van der Waals surface area contributed by atoms with Crippen LogP contribution >= 0.6 is 11.6 Å². The molecule has 3 aromatic rings. The standard InChI is InChI=1S/C26H30ClFN4O4/c27-21-13-18(3-4-22(21)28)31-26-20-14-25(36-19-5-10-34-16-19)24(15-23(20)29-17-30-26)35-9-2-1-6-32-7-11-33-12-8-32/h3-4,13-15,17,19H,1-2,5-12,16H2,(H,29,30,31)/t19-/m0/s1. The summed E-state index contributed by atoms with van der Waals surface area (Å²) in [6.45, 7) is 6.46. The average molecular weight is 517 g/mol. The van der Waals surface area contributed by atoms with E-state index in [1.54, 1.807) is 6.07 Å². The number of unbranched alkanes of at least 4 members (excludes halogenated alkanes) is 1. The van der Waals surface area contributed by atoms with Crippen molar-refractivity contribution >= 4 is 34.0 Å². The first-order chi connectivity index (χ1) is 17.7. The molecule has 1 N–H and O–H groups in total. The van der Waals surface area contributed by atoms with Crippen LogP contribution in [0.25, 0.3) is 10.9 Å². The average Bonchev–Trinajstić information content (AvgIpc) is 3.40. The Bertz CT molecular complexity index is 1170. The van der Waals surface area contributed by atoms with E-state index in [2.05, 4.69) is 20.2 Å². The highest BCUT2D eigenvalue weighted by atomic mass is 35.5. The highest BCUT2D eigenvalue weighted by molar-refractivity contribution is 6.31. The van der Waals surface area contributed by atoms with Gasteiger partial charge in [0.25, 0.3) is 0 Å². The third-order valence-corrected chi connectivity index (χ3v) is 6.58. The fourth-order valence-corrected chi connectivity index (χ4v) is 4.49. The van der Waals surface area contributed by atoms with Crippen LogP contribution in [-0.2, 0) is 9.47 Å². The van der Waals surface area contributed by atoms with E-state index in [1.165, 1.54) is 18.5 Å².